The van der Waals surface area contributed by atoms with Crippen LogP contribution in [0.15, 0.2) is 24.3 Å². The summed E-state index contributed by atoms with van der Waals surface area (Å²) in [5.41, 5.74) is 6.10. The topological polar surface area (TPSA) is 40.5 Å². The van der Waals surface area contributed by atoms with Crippen molar-refractivity contribution in [2.75, 3.05) is 0 Å². The molecule has 1 aliphatic rings. The summed E-state index contributed by atoms with van der Waals surface area (Å²) in [7, 11) is 0. The summed E-state index contributed by atoms with van der Waals surface area (Å²) in [6.07, 6.45) is 4.87. The molecule has 2 heteroatoms. The number of hydrogen-bond donors (Lipinski definition) is 2. The first-order chi connectivity index (χ1) is 12.3. The van der Waals surface area contributed by atoms with E-state index in [-0.39, 0.29) is 5.92 Å². The average Bonchev–Trinajstić information content (AvgIpc) is 2.58. The second-order valence-corrected chi connectivity index (χ2v) is 8.44. The molecule has 0 aliphatic heterocycles. The number of hydrogen-bond acceptors (Lipinski definition) is 2. The Morgan fingerprint density at radius 3 is 1.69 bits per heavy atom. The minimum absolute atomic E-state index is 0.0301. The van der Waals surface area contributed by atoms with Crippen LogP contribution in [0, 0.1) is 39.5 Å². The Kier molecular flexibility index (Phi) is 5.32. The van der Waals surface area contributed by atoms with E-state index in [0.717, 1.165) is 39.8 Å². The molecule has 0 saturated heterocycles. The van der Waals surface area contributed by atoms with Crippen LogP contribution in [0.4, 0.5) is 0 Å². The fourth-order valence-corrected chi connectivity index (χ4v) is 4.93. The average molecular weight is 353 g/mol. The first kappa shape index (κ1) is 18.8. The monoisotopic (exact) mass is 352 g/mol. The SMILES string of the molecule is Cc1cc(C)c(O)c(C(c2cc(C)cc(C)c2O)C2CCCCC2C)c1. The van der Waals surface area contributed by atoms with E-state index in [2.05, 4.69) is 32.9 Å². The summed E-state index contributed by atoms with van der Waals surface area (Å²) in [5.74, 6) is 1.81. The fraction of sp³-hybridized carbons (Fsp3) is 0.500. The zero-order chi connectivity index (χ0) is 19.0. The van der Waals surface area contributed by atoms with Gasteiger partial charge in [-0.25, -0.2) is 0 Å². The van der Waals surface area contributed by atoms with Crippen LogP contribution in [0.25, 0.3) is 0 Å². The lowest BCUT2D eigenvalue weighted by atomic mass is 9.67. The maximum absolute atomic E-state index is 10.9. The normalized spacial score (nSPS) is 20.5. The molecule has 2 N–H and O–H groups in total. The summed E-state index contributed by atoms with van der Waals surface area (Å²) in [5, 5.41) is 21.8. The molecule has 140 valence electrons. The minimum Gasteiger partial charge on any atom is -0.507 e. The van der Waals surface area contributed by atoms with Gasteiger partial charge in [0.15, 0.2) is 0 Å². The Labute approximate surface area is 157 Å². The van der Waals surface area contributed by atoms with Crippen molar-refractivity contribution in [2.24, 2.45) is 11.8 Å². The highest BCUT2D eigenvalue weighted by Crippen LogP contribution is 2.49. The van der Waals surface area contributed by atoms with Crippen LogP contribution < -0.4 is 0 Å². The minimum atomic E-state index is 0.0301. The van der Waals surface area contributed by atoms with E-state index in [9.17, 15) is 10.2 Å². The van der Waals surface area contributed by atoms with Crippen molar-refractivity contribution in [3.05, 3.63) is 57.6 Å². The lowest BCUT2D eigenvalue weighted by Gasteiger charge is -2.37. The first-order valence-electron chi connectivity index (χ1n) is 9.89. The van der Waals surface area contributed by atoms with Gasteiger partial charge in [0.25, 0.3) is 0 Å². The molecular weight excluding hydrogens is 320 g/mol. The van der Waals surface area contributed by atoms with Crippen LogP contribution in [0.3, 0.4) is 0 Å². The molecule has 1 aliphatic carbocycles. The molecule has 2 aromatic rings. The quantitative estimate of drug-likeness (QED) is 0.681. The van der Waals surface area contributed by atoms with Crippen molar-refractivity contribution in [3.8, 4) is 11.5 Å². The Bertz CT molecular complexity index is 749. The maximum Gasteiger partial charge on any atom is 0.122 e. The van der Waals surface area contributed by atoms with E-state index in [0.29, 0.717) is 23.3 Å². The smallest absolute Gasteiger partial charge is 0.122 e. The van der Waals surface area contributed by atoms with E-state index in [1.807, 2.05) is 26.0 Å². The highest BCUT2D eigenvalue weighted by molar-refractivity contribution is 5.53. The summed E-state index contributed by atoms with van der Waals surface area (Å²) in [4.78, 5) is 0. The number of aryl methyl sites for hydroxylation is 4. The second-order valence-electron chi connectivity index (χ2n) is 8.44. The molecule has 1 saturated carbocycles. The van der Waals surface area contributed by atoms with Crippen molar-refractivity contribution in [2.45, 2.75) is 66.2 Å². The lowest BCUT2D eigenvalue weighted by molar-refractivity contribution is 0.228. The van der Waals surface area contributed by atoms with Crippen molar-refractivity contribution < 1.29 is 10.2 Å². The Morgan fingerprint density at radius 1 is 0.769 bits per heavy atom. The summed E-state index contributed by atoms with van der Waals surface area (Å²) < 4.78 is 0. The van der Waals surface area contributed by atoms with Crippen molar-refractivity contribution in [1.29, 1.82) is 0 Å². The van der Waals surface area contributed by atoms with Crippen molar-refractivity contribution in [1.82, 2.24) is 0 Å². The predicted molar refractivity (Wildman–Crippen MR) is 108 cm³/mol. The molecule has 2 aromatic carbocycles. The van der Waals surface area contributed by atoms with Gasteiger partial charge in [-0.2, -0.15) is 0 Å². The second kappa shape index (κ2) is 7.34. The van der Waals surface area contributed by atoms with Crippen LogP contribution in [-0.4, -0.2) is 10.2 Å². The molecule has 2 nitrogen and oxygen atoms in total. The molecule has 26 heavy (non-hydrogen) atoms. The third kappa shape index (κ3) is 3.47. The largest absolute Gasteiger partial charge is 0.507 e. The van der Waals surface area contributed by atoms with Crippen LogP contribution >= 0.6 is 0 Å². The van der Waals surface area contributed by atoms with Gasteiger partial charge < -0.3 is 10.2 Å². The number of aromatic hydroxyl groups is 2. The van der Waals surface area contributed by atoms with Gasteiger partial charge in [0.2, 0.25) is 0 Å². The molecule has 1 fully saturated rings. The number of rotatable bonds is 3. The summed E-state index contributed by atoms with van der Waals surface area (Å²) in [6, 6.07) is 8.29. The van der Waals surface area contributed by atoms with Gasteiger partial charge in [0.05, 0.1) is 0 Å². The van der Waals surface area contributed by atoms with Gasteiger partial charge in [-0.3, -0.25) is 0 Å². The first-order valence-corrected chi connectivity index (χ1v) is 9.89. The van der Waals surface area contributed by atoms with Gasteiger partial charge in [0.1, 0.15) is 11.5 Å². The summed E-state index contributed by atoms with van der Waals surface area (Å²) in [6.45, 7) is 10.4. The highest BCUT2D eigenvalue weighted by atomic mass is 16.3. The third-order valence-corrected chi connectivity index (χ3v) is 6.22. The van der Waals surface area contributed by atoms with E-state index < -0.39 is 0 Å². The van der Waals surface area contributed by atoms with Crippen molar-refractivity contribution >= 4 is 0 Å². The molecule has 2 atom stereocenters. The Hall–Kier alpha value is -1.96. The van der Waals surface area contributed by atoms with Crippen LogP contribution in [0.2, 0.25) is 0 Å². The molecule has 0 bridgehead atoms. The molecule has 0 radical (unpaired) electrons. The predicted octanol–water partition coefficient (Wildman–Crippen LogP) is 6.29. The lowest BCUT2D eigenvalue weighted by Crippen LogP contribution is -2.25. The van der Waals surface area contributed by atoms with Gasteiger partial charge in [0, 0.05) is 17.0 Å². The number of phenolic OH excluding ortho intramolecular Hbond substituents is 2. The van der Waals surface area contributed by atoms with Crippen LogP contribution in [0.5, 0.6) is 11.5 Å². The van der Waals surface area contributed by atoms with Crippen LogP contribution in [-0.2, 0) is 0 Å². The molecular formula is C24H32O2. The van der Waals surface area contributed by atoms with Gasteiger partial charge >= 0.3 is 0 Å². The van der Waals surface area contributed by atoms with E-state index >= 15 is 0 Å². The molecule has 0 heterocycles. The number of phenols is 2. The third-order valence-electron chi connectivity index (χ3n) is 6.22. The number of benzene rings is 2. The van der Waals surface area contributed by atoms with E-state index in [4.69, 9.17) is 0 Å². The van der Waals surface area contributed by atoms with Crippen LogP contribution in [0.1, 0.15) is 71.9 Å². The Balaban J connectivity index is 2.24. The van der Waals surface area contributed by atoms with Gasteiger partial charge in [-0.1, -0.05) is 61.6 Å². The fourth-order valence-electron chi connectivity index (χ4n) is 4.93. The van der Waals surface area contributed by atoms with Crippen molar-refractivity contribution in [3.63, 3.8) is 0 Å². The highest BCUT2D eigenvalue weighted by Gasteiger charge is 2.35. The molecule has 2 unspecified atom stereocenters. The maximum atomic E-state index is 10.9. The zero-order valence-electron chi connectivity index (χ0n) is 16.8. The molecule has 0 amide bonds. The molecule has 0 spiro atoms. The molecule has 3 rings (SSSR count). The van der Waals surface area contributed by atoms with Gasteiger partial charge in [-0.15, -0.1) is 0 Å². The standard InChI is InChI=1S/C24H32O2/c1-14-10-17(4)23(25)20(12-14)22(19-9-7-6-8-16(19)3)21-13-15(2)11-18(5)24(21)26/h10-13,16,19,22,25-26H,6-9H2,1-5H3. The summed E-state index contributed by atoms with van der Waals surface area (Å²) >= 11 is 0. The Morgan fingerprint density at radius 2 is 1.23 bits per heavy atom. The van der Waals surface area contributed by atoms with E-state index in [1.165, 1.54) is 19.3 Å². The van der Waals surface area contributed by atoms with Gasteiger partial charge in [-0.05, 0) is 57.1 Å². The van der Waals surface area contributed by atoms with E-state index in [1.54, 1.807) is 0 Å². The molecule has 0 aromatic heterocycles. The zero-order valence-corrected chi connectivity index (χ0v) is 16.8.